The molecule has 0 bridgehead atoms. The van der Waals surface area contributed by atoms with Crippen LogP contribution in [-0.4, -0.2) is 61.5 Å². The number of hydrogen-bond donors (Lipinski definition) is 2. The number of carbonyl (C=O) groups excluding carboxylic acids is 1. The number of ether oxygens (including phenoxy) is 2. The number of rotatable bonds is 5. The van der Waals surface area contributed by atoms with E-state index in [0.717, 1.165) is 5.56 Å². The molecule has 1 aromatic carbocycles. The van der Waals surface area contributed by atoms with Crippen LogP contribution in [0.5, 0.6) is 5.75 Å². The van der Waals surface area contributed by atoms with Gasteiger partial charge < -0.3 is 24.8 Å². The maximum absolute atomic E-state index is 12.1. The Labute approximate surface area is 128 Å². The summed E-state index contributed by atoms with van der Waals surface area (Å²) < 4.78 is 10.2. The molecule has 1 saturated heterocycles. The number of benzene rings is 1. The van der Waals surface area contributed by atoms with E-state index >= 15 is 0 Å². The molecule has 0 radical (unpaired) electrons. The van der Waals surface area contributed by atoms with Gasteiger partial charge in [0.25, 0.3) is 0 Å². The molecule has 0 aromatic heterocycles. The average Bonchev–Trinajstić information content (AvgIpc) is 2.55. The molecule has 1 atom stereocenters. The lowest BCUT2D eigenvalue weighted by molar-refractivity contribution is -0.139. The van der Waals surface area contributed by atoms with Crippen molar-refractivity contribution in [2.45, 2.75) is 12.5 Å². The predicted octanol–water partition coefficient (Wildman–Crippen LogP) is 0.733. The smallest absolute Gasteiger partial charge is 0.326 e. The molecule has 2 amide bonds. The monoisotopic (exact) mass is 308 g/mol. The largest absolute Gasteiger partial charge is 0.497 e. The minimum Gasteiger partial charge on any atom is -0.497 e. The standard InChI is InChI=1S/C15H20N2O5/c1-21-12-4-2-11(3-5-12)10-13(14(18)19)16-15(20)17-6-8-22-9-7-17/h2-5,13H,6-10H2,1H3,(H,16,20)(H,18,19)/t13-/m0/s1. The summed E-state index contributed by atoms with van der Waals surface area (Å²) in [6.45, 7) is 1.90. The molecule has 22 heavy (non-hydrogen) atoms. The van der Waals surface area contributed by atoms with Gasteiger partial charge in [0.05, 0.1) is 20.3 Å². The molecule has 1 aromatic rings. The van der Waals surface area contributed by atoms with Gasteiger partial charge in [0, 0.05) is 19.5 Å². The van der Waals surface area contributed by atoms with Crippen molar-refractivity contribution >= 4 is 12.0 Å². The van der Waals surface area contributed by atoms with Crippen LogP contribution in [-0.2, 0) is 16.0 Å². The van der Waals surface area contributed by atoms with Gasteiger partial charge in [-0.3, -0.25) is 0 Å². The summed E-state index contributed by atoms with van der Waals surface area (Å²) >= 11 is 0. The fraction of sp³-hybridized carbons (Fsp3) is 0.467. The molecule has 120 valence electrons. The Morgan fingerprint density at radius 1 is 1.32 bits per heavy atom. The number of aliphatic carboxylic acids is 1. The van der Waals surface area contributed by atoms with Crippen molar-refractivity contribution in [1.29, 1.82) is 0 Å². The first-order valence-electron chi connectivity index (χ1n) is 7.09. The van der Waals surface area contributed by atoms with Crippen LogP contribution in [0.2, 0.25) is 0 Å². The highest BCUT2D eigenvalue weighted by Crippen LogP contribution is 2.13. The molecular formula is C15H20N2O5. The highest BCUT2D eigenvalue weighted by molar-refractivity contribution is 5.82. The SMILES string of the molecule is COc1ccc(C[C@H](NC(=O)N2CCOCC2)C(=O)O)cc1. The van der Waals surface area contributed by atoms with Crippen LogP contribution < -0.4 is 10.1 Å². The summed E-state index contributed by atoms with van der Waals surface area (Å²) in [4.78, 5) is 25.0. The van der Waals surface area contributed by atoms with E-state index in [0.29, 0.717) is 32.1 Å². The maximum atomic E-state index is 12.1. The fourth-order valence-electron chi connectivity index (χ4n) is 2.20. The molecule has 0 unspecified atom stereocenters. The number of nitrogens with one attached hydrogen (secondary N) is 1. The molecule has 7 nitrogen and oxygen atoms in total. The summed E-state index contributed by atoms with van der Waals surface area (Å²) in [5.74, 6) is -0.356. The number of carbonyl (C=O) groups is 2. The Morgan fingerprint density at radius 3 is 2.50 bits per heavy atom. The van der Waals surface area contributed by atoms with Gasteiger partial charge in [0.2, 0.25) is 0 Å². The van der Waals surface area contributed by atoms with Crippen LogP contribution in [0.25, 0.3) is 0 Å². The highest BCUT2D eigenvalue weighted by atomic mass is 16.5. The average molecular weight is 308 g/mol. The zero-order valence-corrected chi connectivity index (χ0v) is 12.4. The van der Waals surface area contributed by atoms with E-state index in [2.05, 4.69) is 5.32 Å². The van der Waals surface area contributed by atoms with Crippen molar-refractivity contribution in [1.82, 2.24) is 10.2 Å². The second-order valence-electron chi connectivity index (χ2n) is 4.99. The van der Waals surface area contributed by atoms with Gasteiger partial charge in [-0.1, -0.05) is 12.1 Å². The van der Waals surface area contributed by atoms with E-state index in [1.54, 1.807) is 36.3 Å². The van der Waals surface area contributed by atoms with Crippen molar-refractivity contribution in [2.75, 3.05) is 33.4 Å². The second-order valence-corrected chi connectivity index (χ2v) is 4.99. The third-order valence-electron chi connectivity index (χ3n) is 3.49. The number of hydrogen-bond acceptors (Lipinski definition) is 4. The predicted molar refractivity (Wildman–Crippen MR) is 79.0 cm³/mol. The molecule has 0 spiro atoms. The third-order valence-corrected chi connectivity index (χ3v) is 3.49. The van der Waals surface area contributed by atoms with Gasteiger partial charge >= 0.3 is 12.0 Å². The topological polar surface area (TPSA) is 88.1 Å². The molecule has 0 aliphatic carbocycles. The van der Waals surface area contributed by atoms with E-state index < -0.39 is 12.0 Å². The Balaban J connectivity index is 1.96. The quantitative estimate of drug-likeness (QED) is 0.837. The van der Waals surface area contributed by atoms with Crippen molar-refractivity contribution < 1.29 is 24.2 Å². The van der Waals surface area contributed by atoms with Gasteiger partial charge in [-0.05, 0) is 17.7 Å². The van der Waals surface area contributed by atoms with Gasteiger partial charge in [-0.25, -0.2) is 9.59 Å². The number of methoxy groups -OCH3 is 1. The Morgan fingerprint density at radius 2 is 1.95 bits per heavy atom. The summed E-state index contributed by atoms with van der Waals surface area (Å²) in [6, 6.07) is 5.76. The molecule has 7 heteroatoms. The molecule has 2 rings (SSSR count). The van der Waals surface area contributed by atoms with Crippen LogP contribution >= 0.6 is 0 Å². The first-order chi connectivity index (χ1) is 10.6. The van der Waals surface area contributed by atoms with E-state index in [1.807, 2.05) is 0 Å². The van der Waals surface area contributed by atoms with E-state index in [-0.39, 0.29) is 12.5 Å². The summed E-state index contributed by atoms with van der Waals surface area (Å²) in [5.41, 5.74) is 0.815. The molecule has 1 heterocycles. The molecular weight excluding hydrogens is 288 g/mol. The molecule has 2 N–H and O–H groups in total. The Kier molecular flexibility index (Phi) is 5.60. The van der Waals surface area contributed by atoms with Gasteiger partial charge in [0.1, 0.15) is 11.8 Å². The summed E-state index contributed by atoms with van der Waals surface area (Å²) in [5, 5.41) is 11.9. The zero-order chi connectivity index (χ0) is 15.9. The van der Waals surface area contributed by atoms with Crippen molar-refractivity contribution in [2.24, 2.45) is 0 Å². The lowest BCUT2D eigenvalue weighted by Gasteiger charge is -2.28. The second kappa shape index (κ2) is 7.65. The van der Waals surface area contributed by atoms with E-state index in [1.165, 1.54) is 0 Å². The molecule has 0 saturated carbocycles. The number of urea groups is 1. The van der Waals surface area contributed by atoms with Crippen molar-refractivity contribution in [3.8, 4) is 5.75 Å². The number of amides is 2. The van der Waals surface area contributed by atoms with Crippen LogP contribution in [0.3, 0.4) is 0 Å². The molecule has 1 fully saturated rings. The zero-order valence-electron chi connectivity index (χ0n) is 12.4. The van der Waals surface area contributed by atoms with Crippen LogP contribution in [0.1, 0.15) is 5.56 Å². The maximum Gasteiger partial charge on any atom is 0.326 e. The number of carboxylic acid groups (broad SMARTS) is 1. The third kappa shape index (κ3) is 4.36. The first kappa shape index (κ1) is 16.1. The van der Waals surface area contributed by atoms with E-state index in [9.17, 15) is 14.7 Å². The van der Waals surface area contributed by atoms with Gasteiger partial charge in [-0.2, -0.15) is 0 Å². The molecule has 1 aliphatic rings. The van der Waals surface area contributed by atoms with Crippen molar-refractivity contribution in [3.63, 3.8) is 0 Å². The lowest BCUT2D eigenvalue weighted by Crippen LogP contribution is -2.51. The summed E-state index contributed by atoms with van der Waals surface area (Å²) in [6.07, 6.45) is 0.218. The number of morpholine rings is 1. The Hall–Kier alpha value is -2.28. The van der Waals surface area contributed by atoms with Crippen LogP contribution in [0.15, 0.2) is 24.3 Å². The van der Waals surface area contributed by atoms with Gasteiger partial charge in [-0.15, -0.1) is 0 Å². The summed E-state index contributed by atoms with van der Waals surface area (Å²) in [7, 11) is 1.57. The minimum atomic E-state index is -1.06. The Bertz CT molecular complexity index is 511. The van der Waals surface area contributed by atoms with Crippen LogP contribution in [0.4, 0.5) is 4.79 Å². The van der Waals surface area contributed by atoms with Gasteiger partial charge in [0.15, 0.2) is 0 Å². The fourth-order valence-corrected chi connectivity index (χ4v) is 2.20. The lowest BCUT2D eigenvalue weighted by atomic mass is 10.1. The minimum absolute atomic E-state index is 0.218. The highest BCUT2D eigenvalue weighted by Gasteiger charge is 2.24. The number of nitrogens with zero attached hydrogens (tertiary/aromatic N) is 1. The van der Waals surface area contributed by atoms with Crippen molar-refractivity contribution in [3.05, 3.63) is 29.8 Å². The van der Waals surface area contributed by atoms with Crippen LogP contribution in [0, 0.1) is 0 Å². The first-order valence-corrected chi connectivity index (χ1v) is 7.09. The van der Waals surface area contributed by atoms with E-state index in [4.69, 9.17) is 9.47 Å². The normalized spacial score (nSPS) is 16.0. The molecule has 1 aliphatic heterocycles. The number of carboxylic acids is 1.